The second-order valence-corrected chi connectivity index (χ2v) is 4.90. The molecule has 0 radical (unpaired) electrons. The highest BCUT2D eigenvalue weighted by molar-refractivity contribution is 5.65. The molecule has 0 saturated carbocycles. The summed E-state index contributed by atoms with van der Waals surface area (Å²) in [6.07, 6.45) is 3.36. The van der Waals surface area contributed by atoms with Crippen molar-refractivity contribution in [2.24, 2.45) is 0 Å². The number of aromatic nitrogens is 2. The molecule has 0 fully saturated rings. The third kappa shape index (κ3) is 3.17. The lowest BCUT2D eigenvalue weighted by Crippen LogP contribution is -2.08. The van der Waals surface area contributed by atoms with Crippen LogP contribution in [0.25, 0.3) is 0 Å². The van der Waals surface area contributed by atoms with Gasteiger partial charge in [0.2, 0.25) is 0 Å². The number of hydrogen-bond donors (Lipinski definition) is 2. The molecule has 0 amide bonds. The van der Waals surface area contributed by atoms with Gasteiger partial charge in [-0.15, -0.1) is 0 Å². The molecule has 2 rings (SSSR count). The highest BCUT2D eigenvalue weighted by Crippen LogP contribution is 2.24. The zero-order chi connectivity index (χ0) is 14.5. The van der Waals surface area contributed by atoms with Crippen molar-refractivity contribution in [3.63, 3.8) is 0 Å². The van der Waals surface area contributed by atoms with Crippen LogP contribution in [-0.2, 0) is 6.42 Å². The Labute approximate surface area is 119 Å². The maximum Gasteiger partial charge on any atom is 0.139 e. The zero-order valence-electron chi connectivity index (χ0n) is 12.2. The van der Waals surface area contributed by atoms with E-state index in [1.54, 1.807) is 0 Å². The largest absolute Gasteiger partial charge is 0.383 e. The lowest BCUT2D eigenvalue weighted by atomic mass is 10.1. The van der Waals surface area contributed by atoms with E-state index in [9.17, 15) is 0 Å². The van der Waals surface area contributed by atoms with Gasteiger partial charge in [-0.2, -0.15) is 0 Å². The van der Waals surface area contributed by atoms with Crippen LogP contribution in [0.3, 0.4) is 0 Å². The Morgan fingerprint density at radius 1 is 1.15 bits per heavy atom. The van der Waals surface area contributed by atoms with Crippen LogP contribution in [-0.4, -0.2) is 24.1 Å². The van der Waals surface area contributed by atoms with Gasteiger partial charge in [-0.05, 0) is 30.7 Å². The van der Waals surface area contributed by atoms with E-state index in [1.165, 1.54) is 6.33 Å². The van der Waals surface area contributed by atoms with E-state index in [1.807, 2.05) is 26.2 Å². The first-order valence-corrected chi connectivity index (χ1v) is 6.75. The summed E-state index contributed by atoms with van der Waals surface area (Å²) in [6.45, 7) is 2.11. The smallest absolute Gasteiger partial charge is 0.139 e. The van der Waals surface area contributed by atoms with Gasteiger partial charge >= 0.3 is 0 Å². The van der Waals surface area contributed by atoms with Crippen molar-refractivity contribution in [3.05, 3.63) is 36.2 Å². The summed E-state index contributed by atoms with van der Waals surface area (Å²) in [5, 5.41) is 3.31. The molecule has 20 heavy (non-hydrogen) atoms. The molecule has 3 N–H and O–H groups in total. The van der Waals surface area contributed by atoms with Crippen LogP contribution in [0.5, 0.6) is 0 Å². The van der Waals surface area contributed by atoms with Crippen LogP contribution in [0.2, 0.25) is 0 Å². The van der Waals surface area contributed by atoms with Crippen LogP contribution < -0.4 is 16.0 Å². The summed E-state index contributed by atoms with van der Waals surface area (Å²) in [5.41, 5.74) is 9.06. The van der Waals surface area contributed by atoms with E-state index >= 15 is 0 Å². The number of nitrogen functional groups attached to an aromatic ring is 1. The quantitative estimate of drug-likeness (QED) is 0.875. The predicted octanol–water partition coefficient (Wildman–Crippen LogP) is 2.82. The van der Waals surface area contributed by atoms with Gasteiger partial charge in [-0.1, -0.05) is 13.3 Å². The molecule has 0 atom stereocenters. The molecule has 106 valence electrons. The molecule has 5 nitrogen and oxygen atoms in total. The van der Waals surface area contributed by atoms with E-state index < -0.39 is 0 Å². The average molecular weight is 271 g/mol. The highest BCUT2D eigenvalue weighted by Gasteiger charge is 2.08. The number of nitrogens with two attached hydrogens (primary N) is 1. The first kappa shape index (κ1) is 14.1. The Balaban J connectivity index is 2.23. The maximum absolute atomic E-state index is 5.93. The molecule has 0 saturated heterocycles. The van der Waals surface area contributed by atoms with Gasteiger partial charge in [0.1, 0.15) is 18.0 Å². The van der Waals surface area contributed by atoms with Crippen molar-refractivity contribution >= 4 is 23.0 Å². The molecule has 0 unspecified atom stereocenters. The first-order chi connectivity index (χ1) is 9.61. The standard InChI is InChI=1S/C15H21N5/c1-4-5-13-14(16)17-10-18-15(13)19-11-6-8-12(9-7-11)20(2)3/h6-10H,4-5H2,1-3H3,(H3,16,17,18,19). The van der Waals surface area contributed by atoms with Crippen molar-refractivity contribution in [3.8, 4) is 0 Å². The SMILES string of the molecule is CCCc1c(N)ncnc1Nc1ccc(N(C)C)cc1. The summed E-state index contributed by atoms with van der Waals surface area (Å²) in [4.78, 5) is 10.4. The van der Waals surface area contributed by atoms with Crippen LogP contribution >= 0.6 is 0 Å². The Morgan fingerprint density at radius 3 is 2.45 bits per heavy atom. The molecular formula is C15H21N5. The molecule has 0 aliphatic rings. The molecule has 1 aromatic heterocycles. The minimum absolute atomic E-state index is 0.550. The maximum atomic E-state index is 5.93. The van der Waals surface area contributed by atoms with Crippen LogP contribution in [0, 0.1) is 0 Å². The van der Waals surface area contributed by atoms with Gasteiger partial charge in [-0.25, -0.2) is 9.97 Å². The number of anilines is 4. The van der Waals surface area contributed by atoms with Crippen molar-refractivity contribution in [1.29, 1.82) is 0 Å². The van der Waals surface area contributed by atoms with Gasteiger partial charge in [0.15, 0.2) is 0 Å². The fourth-order valence-electron chi connectivity index (χ4n) is 2.01. The molecule has 1 aromatic carbocycles. The summed E-state index contributed by atoms with van der Waals surface area (Å²) in [7, 11) is 4.04. The normalized spacial score (nSPS) is 10.3. The van der Waals surface area contributed by atoms with Crippen molar-refractivity contribution in [1.82, 2.24) is 9.97 Å². The molecule has 0 bridgehead atoms. The third-order valence-corrected chi connectivity index (χ3v) is 3.13. The van der Waals surface area contributed by atoms with Crippen molar-refractivity contribution < 1.29 is 0 Å². The van der Waals surface area contributed by atoms with E-state index in [-0.39, 0.29) is 0 Å². The fraction of sp³-hybridized carbons (Fsp3) is 0.333. The lowest BCUT2D eigenvalue weighted by molar-refractivity contribution is 0.908. The van der Waals surface area contributed by atoms with Crippen LogP contribution in [0.15, 0.2) is 30.6 Å². The highest BCUT2D eigenvalue weighted by atomic mass is 15.1. The van der Waals surface area contributed by atoms with Crippen LogP contribution in [0.1, 0.15) is 18.9 Å². The Morgan fingerprint density at radius 2 is 1.85 bits per heavy atom. The summed E-state index contributed by atoms with van der Waals surface area (Å²) in [5.74, 6) is 1.34. The van der Waals surface area contributed by atoms with Gasteiger partial charge in [0, 0.05) is 31.0 Å². The molecule has 1 heterocycles. The number of rotatable bonds is 5. The van der Waals surface area contributed by atoms with Crippen LogP contribution in [0.4, 0.5) is 23.0 Å². The van der Waals surface area contributed by atoms with Gasteiger partial charge in [-0.3, -0.25) is 0 Å². The van der Waals surface area contributed by atoms with Gasteiger partial charge in [0.25, 0.3) is 0 Å². The summed E-state index contributed by atoms with van der Waals surface area (Å²) >= 11 is 0. The number of benzene rings is 1. The molecular weight excluding hydrogens is 250 g/mol. The van der Waals surface area contributed by atoms with E-state index in [4.69, 9.17) is 5.73 Å². The minimum Gasteiger partial charge on any atom is -0.383 e. The van der Waals surface area contributed by atoms with E-state index in [2.05, 4.69) is 39.2 Å². The molecule has 0 aliphatic heterocycles. The average Bonchev–Trinajstić information content (AvgIpc) is 2.43. The third-order valence-electron chi connectivity index (χ3n) is 3.13. The lowest BCUT2D eigenvalue weighted by Gasteiger charge is -2.14. The minimum atomic E-state index is 0.550. The Bertz CT molecular complexity index is 563. The van der Waals surface area contributed by atoms with E-state index in [0.29, 0.717) is 5.82 Å². The Hall–Kier alpha value is -2.30. The molecule has 5 heteroatoms. The summed E-state index contributed by atoms with van der Waals surface area (Å²) < 4.78 is 0. The van der Waals surface area contributed by atoms with Gasteiger partial charge < -0.3 is 16.0 Å². The monoisotopic (exact) mass is 271 g/mol. The summed E-state index contributed by atoms with van der Waals surface area (Å²) in [6, 6.07) is 8.19. The van der Waals surface area contributed by atoms with Gasteiger partial charge in [0.05, 0.1) is 0 Å². The molecule has 2 aromatic rings. The number of nitrogens with one attached hydrogen (secondary N) is 1. The number of hydrogen-bond acceptors (Lipinski definition) is 5. The van der Waals surface area contributed by atoms with Crippen molar-refractivity contribution in [2.45, 2.75) is 19.8 Å². The second kappa shape index (κ2) is 6.23. The van der Waals surface area contributed by atoms with Crippen molar-refractivity contribution in [2.75, 3.05) is 30.0 Å². The zero-order valence-corrected chi connectivity index (χ0v) is 12.2. The van der Waals surface area contributed by atoms with E-state index in [0.717, 1.165) is 35.6 Å². The predicted molar refractivity (Wildman–Crippen MR) is 84.5 cm³/mol. The molecule has 0 spiro atoms. The fourth-order valence-corrected chi connectivity index (χ4v) is 2.01. The molecule has 0 aliphatic carbocycles. The topological polar surface area (TPSA) is 67.1 Å². The number of nitrogens with zero attached hydrogens (tertiary/aromatic N) is 3. The first-order valence-electron chi connectivity index (χ1n) is 6.75. The Kier molecular flexibility index (Phi) is 4.40. The second-order valence-electron chi connectivity index (χ2n) is 4.90.